The molecule has 86 valence electrons. The molecule has 0 unspecified atom stereocenters. The van der Waals surface area contributed by atoms with E-state index in [0.717, 1.165) is 0 Å². The third-order valence-electron chi connectivity index (χ3n) is 2.11. The summed E-state index contributed by atoms with van der Waals surface area (Å²) in [6, 6.07) is 8.88. The minimum Gasteiger partial charge on any atom is -0.478 e. The van der Waals surface area contributed by atoms with Gasteiger partial charge in [-0.2, -0.15) is 0 Å². The van der Waals surface area contributed by atoms with Crippen LogP contribution in [0.5, 0.6) is 0 Å². The van der Waals surface area contributed by atoms with Crippen molar-refractivity contribution in [2.75, 3.05) is 5.32 Å². The van der Waals surface area contributed by atoms with Gasteiger partial charge in [0, 0.05) is 11.9 Å². The summed E-state index contributed by atoms with van der Waals surface area (Å²) in [6.07, 6.45) is 1.24. The van der Waals surface area contributed by atoms with Crippen molar-refractivity contribution in [1.82, 2.24) is 4.98 Å². The molecule has 0 saturated carbocycles. The zero-order valence-corrected chi connectivity index (χ0v) is 8.72. The van der Waals surface area contributed by atoms with Crippen molar-refractivity contribution >= 4 is 17.5 Å². The number of benzene rings is 1. The molecule has 5 heteroatoms. The molecule has 0 aliphatic rings. The predicted molar refractivity (Wildman–Crippen MR) is 60.9 cm³/mol. The normalized spacial score (nSPS) is 9.94. The maximum absolute atomic E-state index is 12.9. The van der Waals surface area contributed by atoms with E-state index in [1.807, 2.05) is 0 Å². The Bertz CT molecular complexity index is 540. The Morgan fingerprint density at radius 1 is 1.29 bits per heavy atom. The monoisotopic (exact) mass is 232 g/mol. The smallest absolute Gasteiger partial charge is 0.337 e. The average molecular weight is 232 g/mol. The highest BCUT2D eigenvalue weighted by Gasteiger charge is 2.03. The zero-order chi connectivity index (χ0) is 12.3. The molecule has 1 aromatic heterocycles. The number of hydrogen-bond acceptors (Lipinski definition) is 3. The molecule has 0 saturated heterocycles. The van der Waals surface area contributed by atoms with Gasteiger partial charge in [-0.25, -0.2) is 14.2 Å². The fourth-order valence-corrected chi connectivity index (χ4v) is 1.31. The quantitative estimate of drug-likeness (QED) is 0.853. The van der Waals surface area contributed by atoms with E-state index in [1.165, 1.54) is 30.5 Å². The van der Waals surface area contributed by atoms with Crippen LogP contribution in [0.15, 0.2) is 42.6 Å². The van der Waals surface area contributed by atoms with Gasteiger partial charge in [0.2, 0.25) is 0 Å². The summed E-state index contributed by atoms with van der Waals surface area (Å²) in [4.78, 5) is 14.5. The summed E-state index contributed by atoms with van der Waals surface area (Å²) in [6.45, 7) is 0. The van der Waals surface area contributed by atoms with Gasteiger partial charge in [0.05, 0.1) is 5.56 Å². The summed E-state index contributed by atoms with van der Waals surface area (Å²) in [5, 5.41) is 11.6. The first-order valence-corrected chi connectivity index (χ1v) is 4.87. The van der Waals surface area contributed by atoms with Crippen LogP contribution in [0, 0.1) is 5.82 Å². The molecular formula is C12H9FN2O2. The number of pyridine rings is 1. The number of carbonyl (C=O) groups is 1. The van der Waals surface area contributed by atoms with E-state index < -0.39 is 5.97 Å². The third kappa shape index (κ3) is 2.78. The van der Waals surface area contributed by atoms with E-state index in [-0.39, 0.29) is 11.4 Å². The van der Waals surface area contributed by atoms with Crippen molar-refractivity contribution < 1.29 is 14.3 Å². The Labute approximate surface area is 96.7 Å². The highest BCUT2D eigenvalue weighted by molar-refractivity contribution is 5.87. The summed E-state index contributed by atoms with van der Waals surface area (Å²) in [5.74, 6) is -0.924. The molecule has 0 bridgehead atoms. The largest absolute Gasteiger partial charge is 0.478 e. The molecule has 2 aromatic rings. The molecular weight excluding hydrogens is 223 g/mol. The highest BCUT2D eigenvalue weighted by Crippen LogP contribution is 2.15. The maximum Gasteiger partial charge on any atom is 0.337 e. The fourth-order valence-electron chi connectivity index (χ4n) is 1.31. The Morgan fingerprint density at radius 3 is 2.71 bits per heavy atom. The minimum atomic E-state index is -1.03. The first-order valence-electron chi connectivity index (χ1n) is 4.87. The van der Waals surface area contributed by atoms with Gasteiger partial charge in [-0.1, -0.05) is 6.07 Å². The number of hydrogen-bond donors (Lipinski definition) is 2. The molecule has 2 N–H and O–H groups in total. The van der Waals surface area contributed by atoms with Crippen LogP contribution in [0.3, 0.4) is 0 Å². The second kappa shape index (κ2) is 4.61. The van der Waals surface area contributed by atoms with Crippen molar-refractivity contribution in [2.45, 2.75) is 0 Å². The van der Waals surface area contributed by atoms with Crippen LogP contribution in [0.25, 0.3) is 0 Å². The van der Waals surface area contributed by atoms with Gasteiger partial charge in [0.1, 0.15) is 11.6 Å². The second-order valence-corrected chi connectivity index (χ2v) is 3.37. The maximum atomic E-state index is 12.9. The van der Waals surface area contributed by atoms with Crippen molar-refractivity contribution in [3.8, 4) is 0 Å². The lowest BCUT2D eigenvalue weighted by molar-refractivity contribution is 0.0696. The molecule has 17 heavy (non-hydrogen) atoms. The number of aromatic nitrogens is 1. The third-order valence-corrected chi connectivity index (χ3v) is 2.11. The number of aromatic carboxylic acids is 1. The molecule has 0 fully saturated rings. The highest BCUT2D eigenvalue weighted by atomic mass is 19.1. The summed E-state index contributed by atoms with van der Waals surface area (Å²) in [7, 11) is 0. The Hall–Kier alpha value is -2.43. The number of rotatable bonds is 3. The van der Waals surface area contributed by atoms with Crippen molar-refractivity contribution in [2.24, 2.45) is 0 Å². The van der Waals surface area contributed by atoms with Gasteiger partial charge in [-0.05, 0) is 30.3 Å². The molecule has 0 aliphatic heterocycles. The first kappa shape index (κ1) is 11.1. The van der Waals surface area contributed by atoms with Gasteiger partial charge in [-0.15, -0.1) is 0 Å². The standard InChI is InChI=1S/C12H9FN2O2/c13-9-2-1-3-10(6-9)15-11-5-4-8(7-14-11)12(16)17/h1-7H,(H,14,15)(H,16,17). The molecule has 4 nitrogen and oxygen atoms in total. The lowest BCUT2D eigenvalue weighted by atomic mass is 10.3. The van der Waals surface area contributed by atoms with E-state index in [9.17, 15) is 9.18 Å². The number of carboxylic acids is 1. The molecule has 0 aliphatic carbocycles. The lowest BCUT2D eigenvalue weighted by Crippen LogP contribution is -1.99. The second-order valence-electron chi connectivity index (χ2n) is 3.37. The van der Waals surface area contributed by atoms with Crippen molar-refractivity contribution in [3.63, 3.8) is 0 Å². The summed E-state index contributed by atoms with van der Waals surface area (Å²) in [5.41, 5.74) is 0.662. The molecule has 1 aromatic carbocycles. The van der Waals surface area contributed by atoms with Crippen molar-refractivity contribution in [3.05, 3.63) is 54.0 Å². The van der Waals surface area contributed by atoms with Crippen LogP contribution in [0.4, 0.5) is 15.9 Å². The molecule has 0 amide bonds. The number of nitrogens with one attached hydrogen (secondary N) is 1. The fraction of sp³-hybridized carbons (Fsp3) is 0. The van der Waals surface area contributed by atoms with E-state index in [1.54, 1.807) is 12.1 Å². The molecule has 0 atom stereocenters. The van der Waals surface area contributed by atoms with Crippen LogP contribution < -0.4 is 5.32 Å². The SMILES string of the molecule is O=C(O)c1ccc(Nc2cccc(F)c2)nc1. The predicted octanol–water partition coefficient (Wildman–Crippen LogP) is 2.66. The summed E-state index contributed by atoms with van der Waals surface area (Å²) >= 11 is 0. The van der Waals surface area contributed by atoms with E-state index in [4.69, 9.17) is 5.11 Å². The lowest BCUT2D eigenvalue weighted by Gasteiger charge is -2.05. The van der Waals surface area contributed by atoms with Crippen LogP contribution in [-0.2, 0) is 0 Å². The van der Waals surface area contributed by atoms with E-state index in [0.29, 0.717) is 11.5 Å². The van der Waals surface area contributed by atoms with Crippen LogP contribution in [0.1, 0.15) is 10.4 Å². The molecule has 1 heterocycles. The average Bonchev–Trinajstić information content (AvgIpc) is 2.29. The first-order chi connectivity index (χ1) is 8.15. The van der Waals surface area contributed by atoms with Gasteiger partial charge >= 0.3 is 5.97 Å². The Kier molecular flexibility index (Phi) is 3.00. The Balaban J connectivity index is 2.16. The molecule has 2 rings (SSSR count). The number of carboxylic acid groups (broad SMARTS) is 1. The van der Waals surface area contributed by atoms with Gasteiger partial charge < -0.3 is 10.4 Å². The van der Waals surface area contributed by atoms with E-state index in [2.05, 4.69) is 10.3 Å². The topological polar surface area (TPSA) is 62.2 Å². The van der Waals surface area contributed by atoms with Gasteiger partial charge in [-0.3, -0.25) is 0 Å². The minimum absolute atomic E-state index is 0.106. The number of anilines is 2. The van der Waals surface area contributed by atoms with Crippen LogP contribution >= 0.6 is 0 Å². The van der Waals surface area contributed by atoms with Gasteiger partial charge in [0.25, 0.3) is 0 Å². The van der Waals surface area contributed by atoms with Gasteiger partial charge in [0.15, 0.2) is 0 Å². The molecule has 0 radical (unpaired) electrons. The van der Waals surface area contributed by atoms with E-state index >= 15 is 0 Å². The molecule has 0 spiro atoms. The number of nitrogens with zero attached hydrogens (tertiary/aromatic N) is 1. The Morgan fingerprint density at radius 2 is 2.12 bits per heavy atom. The van der Waals surface area contributed by atoms with Crippen LogP contribution in [-0.4, -0.2) is 16.1 Å². The van der Waals surface area contributed by atoms with Crippen LogP contribution in [0.2, 0.25) is 0 Å². The number of halogens is 1. The zero-order valence-electron chi connectivity index (χ0n) is 8.72. The summed E-state index contributed by atoms with van der Waals surface area (Å²) < 4.78 is 12.9. The van der Waals surface area contributed by atoms with Crippen molar-refractivity contribution in [1.29, 1.82) is 0 Å².